The number of nitrogens with zero attached hydrogens (tertiary/aromatic N) is 1. The summed E-state index contributed by atoms with van der Waals surface area (Å²) in [6, 6.07) is 26.4. The molecule has 0 N–H and O–H groups in total. The first-order chi connectivity index (χ1) is 16.3. The van der Waals surface area contributed by atoms with Gasteiger partial charge in [0.2, 0.25) is 0 Å². The molecule has 34 heavy (non-hydrogen) atoms. The Morgan fingerprint density at radius 2 is 1.38 bits per heavy atom. The number of benzene rings is 3. The van der Waals surface area contributed by atoms with Crippen molar-refractivity contribution in [3.05, 3.63) is 84.9 Å². The fourth-order valence-electron chi connectivity index (χ4n) is 4.57. The van der Waals surface area contributed by atoms with Gasteiger partial charge in [-0.2, -0.15) is 0 Å². The van der Waals surface area contributed by atoms with Gasteiger partial charge in [-0.25, -0.2) is 9.59 Å². The largest absolute Gasteiger partial charge is 0.497 e. The van der Waals surface area contributed by atoms with Gasteiger partial charge < -0.3 is 13.9 Å². The first kappa shape index (κ1) is 23.7. The summed E-state index contributed by atoms with van der Waals surface area (Å²) in [6.07, 6.45) is -0.703. The Kier molecular flexibility index (Phi) is 6.59. The summed E-state index contributed by atoms with van der Waals surface area (Å²) in [5.74, 6) is 0.0431. The Balaban J connectivity index is 1.74. The van der Waals surface area contributed by atoms with E-state index in [0.717, 1.165) is 10.4 Å². The third kappa shape index (κ3) is 4.24. The highest BCUT2D eigenvalue weighted by Gasteiger charge is 2.52. The van der Waals surface area contributed by atoms with Gasteiger partial charge in [0.05, 0.1) is 13.7 Å². The second-order valence-corrected chi connectivity index (χ2v) is 13.6. The molecule has 1 amide bonds. The van der Waals surface area contributed by atoms with E-state index in [-0.39, 0.29) is 11.6 Å². The molecule has 0 aromatic heterocycles. The normalized spacial score (nSPS) is 16.5. The SMILES string of the molecule is COc1ccc(N2C(=O)OC(=O)[C@@H]2CO[Si](c2ccccc2)(c2ccccc2)C(C)(C)C)cc1. The van der Waals surface area contributed by atoms with E-state index in [0.29, 0.717) is 11.4 Å². The van der Waals surface area contributed by atoms with Crippen molar-refractivity contribution in [3.8, 4) is 5.75 Å². The molecule has 3 aromatic carbocycles. The summed E-state index contributed by atoms with van der Waals surface area (Å²) in [5.41, 5.74) is 0.549. The molecule has 0 bridgehead atoms. The van der Waals surface area contributed by atoms with Gasteiger partial charge >= 0.3 is 12.1 Å². The van der Waals surface area contributed by atoms with E-state index in [1.165, 1.54) is 4.90 Å². The number of esters is 1. The number of hydrogen-bond donors (Lipinski definition) is 0. The number of methoxy groups -OCH3 is 1. The quantitative estimate of drug-likeness (QED) is 0.292. The first-order valence-electron chi connectivity index (χ1n) is 11.2. The van der Waals surface area contributed by atoms with Crippen LogP contribution in [0, 0.1) is 0 Å². The number of anilines is 1. The zero-order chi connectivity index (χ0) is 24.3. The monoisotopic (exact) mass is 475 g/mol. The number of cyclic esters (lactones) is 2. The zero-order valence-electron chi connectivity index (χ0n) is 19.9. The van der Waals surface area contributed by atoms with E-state index in [2.05, 4.69) is 45.0 Å². The van der Waals surface area contributed by atoms with E-state index >= 15 is 0 Å². The zero-order valence-corrected chi connectivity index (χ0v) is 20.9. The molecule has 6 nitrogen and oxygen atoms in total. The van der Waals surface area contributed by atoms with Gasteiger partial charge in [-0.05, 0) is 39.7 Å². The lowest BCUT2D eigenvalue weighted by molar-refractivity contribution is -0.135. The van der Waals surface area contributed by atoms with Crippen molar-refractivity contribution < 1.29 is 23.5 Å². The van der Waals surface area contributed by atoms with Crippen LogP contribution in [0.3, 0.4) is 0 Å². The van der Waals surface area contributed by atoms with Crippen LogP contribution in [0.1, 0.15) is 20.8 Å². The highest BCUT2D eigenvalue weighted by molar-refractivity contribution is 6.99. The van der Waals surface area contributed by atoms with Gasteiger partial charge in [-0.15, -0.1) is 0 Å². The highest BCUT2D eigenvalue weighted by Crippen LogP contribution is 2.37. The summed E-state index contributed by atoms with van der Waals surface area (Å²) >= 11 is 0. The summed E-state index contributed by atoms with van der Waals surface area (Å²) in [5, 5.41) is 1.94. The van der Waals surface area contributed by atoms with Gasteiger partial charge in [0.25, 0.3) is 8.32 Å². The van der Waals surface area contributed by atoms with Crippen molar-refractivity contribution in [2.45, 2.75) is 31.9 Å². The molecule has 0 aliphatic carbocycles. The molecule has 0 unspecified atom stereocenters. The Morgan fingerprint density at radius 1 is 0.853 bits per heavy atom. The number of amides is 1. The van der Waals surface area contributed by atoms with Crippen LogP contribution in [-0.2, 0) is 14.0 Å². The van der Waals surface area contributed by atoms with Crippen molar-refractivity contribution >= 4 is 36.4 Å². The van der Waals surface area contributed by atoms with Gasteiger partial charge in [0.15, 0.2) is 6.04 Å². The molecule has 1 aliphatic heterocycles. The van der Waals surface area contributed by atoms with Crippen LogP contribution in [0.2, 0.25) is 5.04 Å². The predicted octanol–water partition coefficient (Wildman–Crippen LogP) is 4.12. The van der Waals surface area contributed by atoms with Crippen molar-refractivity contribution in [1.29, 1.82) is 0 Å². The average molecular weight is 476 g/mol. The Morgan fingerprint density at radius 3 is 1.85 bits per heavy atom. The smallest absolute Gasteiger partial charge is 0.422 e. The standard InChI is InChI=1S/C27H29NO5Si/c1-27(2,3)34(22-11-7-5-8-12-22,23-13-9-6-10-14-23)32-19-24-25(29)33-26(30)28(24)20-15-17-21(31-4)18-16-20/h5-18,24H,19H2,1-4H3/t24-/m0/s1. The van der Waals surface area contributed by atoms with E-state index in [1.54, 1.807) is 31.4 Å². The van der Waals surface area contributed by atoms with Crippen molar-refractivity contribution in [2.24, 2.45) is 0 Å². The second-order valence-electron chi connectivity index (χ2n) is 9.25. The van der Waals surface area contributed by atoms with Crippen LogP contribution in [0.5, 0.6) is 5.75 Å². The van der Waals surface area contributed by atoms with Crippen LogP contribution < -0.4 is 20.0 Å². The lowest BCUT2D eigenvalue weighted by atomic mass is 10.2. The summed E-state index contributed by atoms with van der Waals surface area (Å²) in [4.78, 5) is 26.7. The summed E-state index contributed by atoms with van der Waals surface area (Å²) < 4.78 is 17.1. The molecule has 1 aliphatic rings. The van der Waals surface area contributed by atoms with E-state index in [1.807, 2.05) is 36.4 Å². The van der Waals surface area contributed by atoms with Crippen LogP contribution >= 0.6 is 0 Å². The van der Waals surface area contributed by atoms with Crippen LogP contribution in [0.15, 0.2) is 84.9 Å². The minimum Gasteiger partial charge on any atom is -0.497 e. The minimum atomic E-state index is -2.88. The number of carbonyl (C=O) groups is 2. The van der Waals surface area contributed by atoms with Crippen LogP contribution in [0.4, 0.5) is 10.5 Å². The van der Waals surface area contributed by atoms with Crippen LogP contribution in [0.25, 0.3) is 0 Å². The Hall–Kier alpha value is -3.42. The summed E-state index contributed by atoms with van der Waals surface area (Å²) in [7, 11) is -1.31. The molecule has 1 atom stereocenters. The first-order valence-corrected chi connectivity index (χ1v) is 13.1. The highest BCUT2D eigenvalue weighted by atomic mass is 28.4. The molecule has 1 heterocycles. The Labute approximate surface area is 201 Å². The maximum atomic E-state index is 12.8. The molecule has 1 fully saturated rings. The molecular formula is C27H29NO5Si. The van der Waals surface area contributed by atoms with Crippen molar-refractivity contribution in [2.75, 3.05) is 18.6 Å². The average Bonchev–Trinajstić information content (AvgIpc) is 3.12. The Bertz CT molecular complexity index is 1100. The fourth-order valence-corrected chi connectivity index (χ4v) is 9.14. The molecule has 4 rings (SSSR count). The number of rotatable bonds is 7. The number of ether oxygens (including phenoxy) is 2. The van der Waals surface area contributed by atoms with Gasteiger partial charge in [-0.3, -0.25) is 4.90 Å². The minimum absolute atomic E-state index is 0.0177. The summed E-state index contributed by atoms with van der Waals surface area (Å²) in [6.45, 7) is 6.51. The van der Waals surface area contributed by atoms with Gasteiger partial charge in [0.1, 0.15) is 5.75 Å². The number of hydrogen-bond acceptors (Lipinski definition) is 5. The molecule has 7 heteroatoms. The second kappa shape index (κ2) is 9.44. The lowest BCUT2D eigenvalue weighted by Gasteiger charge is -2.43. The van der Waals surface area contributed by atoms with Crippen LogP contribution in [-0.4, -0.2) is 40.1 Å². The van der Waals surface area contributed by atoms with Gasteiger partial charge in [-0.1, -0.05) is 81.4 Å². The maximum Gasteiger partial charge on any atom is 0.422 e. The van der Waals surface area contributed by atoms with E-state index < -0.39 is 26.4 Å². The van der Waals surface area contributed by atoms with E-state index in [4.69, 9.17) is 13.9 Å². The molecule has 176 valence electrons. The van der Waals surface area contributed by atoms with Crippen molar-refractivity contribution in [3.63, 3.8) is 0 Å². The third-order valence-corrected chi connectivity index (χ3v) is 11.2. The molecule has 0 radical (unpaired) electrons. The van der Waals surface area contributed by atoms with Gasteiger partial charge in [0, 0.05) is 5.69 Å². The lowest BCUT2D eigenvalue weighted by Crippen LogP contribution is -2.67. The predicted molar refractivity (Wildman–Crippen MR) is 134 cm³/mol. The molecule has 1 saturated heterocycles. The molecule has 0 saturated carbocycles. The fraction of sp³-hybridized carbons (Fsp3) is 0.259. The topological polar surface area (TPSA) is 65.1 Å². The molecule has 0 spiro atoms. The molecular weight excluding hydrogens is 446 g/mol. The van der Waals surface area contributed by atoms with E-state index in [9.17, 15) is 9.59 Å². The van der Waals surface area contributed by atoms with Crippen molar-refractivity contribution in [1.82, 2.24) is 0 Å². The number of carbonyl (C=O) groups excluding carboxylic acids is 2. The third-order valence-electron chi connectivity index (χ3n) is 6.19. The maximum absolute atomic E-state index is 12.8. The molecule has 3 aromatic rings.